The molecule has 2 aliphatic carbocycles. The molecule has 0 saturated heterocycles. The minimum Gasteiger partial charge on any atom is -0.481 e. The summed E-state index contributed by atoms with van der Waals surface area (Å²) >= 11 is 1.51. The number of aliphatic carboxylic acids is 1. The maximum absolute atomic E-state index is 13.0. The van der Waals surface area contributed by atoms with E-state index in [1.54, 1.807) is 6.92 Å². The Kier molecular flexibility index (Phi) is 6.52. The Morgan fingerprint density at radius 3 is 2.52 bits per heavy atom. The van der Waals surface area contributed by atoms with Crippen molar-refractivity contribution in [3.63, 3.8) is 0 Å². The third-order valence-electron chi connectivity index (χ3n) is 5.40. The highest BCUT2D eigenvalue weighted by Gasteiger charge is 2.28. The number of rotatable bonds is 7. The molecule has 1 aromatic rings. The molecule has 3 N–H and O–H groups in total. The highest BCUT2D eigenvalue weighted by molar-refractivity contribution is 7.17. The lowest BCUT2D eigenvalue weighted by Crippen LogP contribution is -2.33. The SMILES string of the molecule is CC(CC(=O)O)CC(=O)Nc1sc2c(c1C(=O)NC1CCCC1)CCCC2. The number of hydrogen-bond donors (Lipinski definition) is 3. The lowest BCUT2D eigenvalue weighted by atomic mass is 9.95. The molecule has 1 aromatic heterocycles. The molecule has 0 bridgehead atoms. The summed E-state index contributed by atoms with van der Waals surface area (Å²) < 4.78 is 0. The van der Waals surface area contributed by atoms with Gasteiger partial charge in [0.1, 0.15) is 5.00 Å². The van der Waals surface area contributed by atoms with Crippen molar-refractivity contribution in [1.29, 1.82) is 0 Å². The van der Waals surface area contributed by atoms with Crippen molar-refractivity contribution < 1.29 is 19.5 Å². The summed E-state index contributed by atoms with van der Waals surface area (Å²) in [4.78, 5) is 37.4. The number of carbonyl (C=O) groups excluding carboxylic acids is 2. The summed E-state index contributed by atoms with van der Waals surface area (Å²) in [6.45, 7) is 1.75. The standard InChI is InChI=1S/C20H28N2O4S/c1-12(11-17(24)25)10-16(23)22-20-18(14-8-4-5-9-15(14)27-20)19(26)21-13-6-2-3-7-13/h12-13H,2-11H2,1H3,(H,21,26)(H,22,23)(H,24,25). The maximum Gasteiger partial charge on any atom is 0.303 e. The number of hydrogen-bond acceptors (Lipinski definition) is 4. The molecule has 0 radical (unpaired) electrons. The van der Waals surface area contributed by atoms with Crippen molar-refractivity contribution in [1.82, 2.24) is 5.32 Å². The van der Waals surface area contributed by atoms with E-state index in [4.69, 9.17) is 5.11 Å². The van der Waals surface area contributed by atoms with Crippen LogP contribution in [0.25, 0.3) is 0 Å². The number of carboxylic acid groups (broad SMARTS) is 1. The lowest BCUT2D eigenvalue weighted by molar-refractivity contribution is -0.138. The molecule has 1 saturated carbocycles. The summed E-state index contributed by atoms with van der Waals surface area (Å²) in [5.41, 5.74) is 1.73. The van der Waals surface area contributed by atoms with E-state index in [1.807, 2.05) is 0 Å². The fourth-order valence-corrected chi connectivity index (χ4v) is 5.39. The molecule has 6 nitrogen and oxygen atoms in total. The van der Waals surface area contributed by atoms with Gasteiger partial charge in [-0.3, -0.25) is 14.4 Å². The van der Waals surface area contributed by atoms with Crippen molar-refractivity contribution in [3.05, 3.63) is 16.0 Å². The van der Waals surface area contributed by atoms with Gasteiger partial charge >= 0.3 is 5.97 Å². The first-order valence-electron chi connectivity index (χ1n) is 9.91. The molecule has 2 aliphatic rings. The number of fused-ring (bicyclic) bond motifs is 1. The second-order valence-electron chi connectivity index (χ2n) is 7.83. The molecule has 3 rings (SSSR count). The first-order valence-corrected chi connectivity index (χ1v) is 10.7. The average Bonchev–Trinajstić information content (AvgIpc) is 3.20. The Hall–Kier alpha value is -1.89. The van der Waals surface area contributed by atoms with Crippen LogP contribution in [0.1, 0.15) is 79.1 Å². The van der Waals surface area contributed by atoms with Crippen LogP contribution in [0.3, 0.4) is 0 Å². The van der Waals surface area contributed by atoms with Crippen LogP contribution in [-0.2, 0) is 22.4 Å². The Bertz CT molecular complexity index is 722. The van der Waals surface area contributed by atoms with Crippen molar-refractivity contribution in [2.24, 2.45) is 5.92 Å². The van der Waals surface area contributed by atoms with Gasteiger partial charge < -0.3 is 15.7 Å². The number of amides is 2. The molecule has 27 heavy (non-hydrogen) atoms. The summed E-state index contributed by atoms with van der Waals surface area (Å²) in [7, 11) is 0. The highest BCUT2D eigenvalue weighted by atomic mass is 32.1. The quantitative estimate of drug-likeness (QED) is 0.659. The van der Waals surface area contributed by atoms with E-state index in [0.717, 1.165) is 56.9 Å². The van der Waals surface area contributed by atoms with Crippen molar-refractivity contribution in [3.8, 4) is 0 Å². The van der Waals surface area contributed by atoms with Gasteiger partial charge in [-0.1, -0.05) is 19.8 Å². The molecular weight excluding hydrogens is 364 g/mol. The van der Waals surface area contributed by atoms with Gasteiger partial charge in [0.2, 0.25) is 5.91 Å². The van der Waals surface area contributed by atoms with E-state index < -0.39 is 5.97 Å². The molecule has 1 unspecified atom stereocenters. The van der Waals surface area contributed by atoms with Crippen LogP contribution in [0.15, 0.2) is 0 Å². The molecule has 2 amide bonds. The molecule has 0 aromatic carbocycles. The normalized spacial score (nSPS) is 18.0. The second-order valence-corrected chi connectivity index (χ2v) is 8.93. The highest BCUT2D eigenvalue weighted by Crippen LogP contribution is 2.38. The summed E-state index contributed by atoms with van der Waals surface area (Å²) in [5, 5.41) is 15.6. The number of nitrogens with one attached hydrogen (secondary N) is 2. The van der Waals surface area contributed by atoms with Crippen LogP contribution in [0.4, 0.5) is 5.00 Å². The number of anilines is 1. The zero-order valence-electron chi connectivity index (χ0n) is 15.8. The zero-order chi connectivity index (χ0) is 19.4. The van der Waals surface area contributed by atoms with Gasteiger partial charge in [-0.2, -0.15) is 0 Å². The third-order valence-corrected chi connectivity index (χ3v) is 6.61. The topological polar surface area (TPSA) is 95.5 Å². The van der Waals surface area contributed by atoms with Gasteiger partial charge in [0, 0.05) is 23.8 Å². The summed E-state index contributed by atoms with van der Waals surface area (Å²) in [6, 6.07) is 0.232. The Morgan fingerprint density at radius 1 is 1.11 bits per heavy atom. The number of carbonyl (C=O) groups is 3. The van der Waals surface area contributed by atoms with E-state index in [9.17, 15) is 14.4 Å². The number of carboxylic acids is 1. The average molecular weight is 393 g/mol. The molecular formula is C20H28N2O4S. The van der Waals surface area contributed by atoms with Gasteiger partial charge in [-0.05, 0) is 50.0 Å². The van der Waals surface area contributed by atoms with Crippen LogP contribution in [0.2, 0.25) is 0 Å². The van der Waals surface area contributed by atoms with E-state index in [0.29, 0.717) is 10.6 Å². The molecule has 1 atom stereocenters. The minimum absolute atomic E-state index is 0.0383. The number of aryl methyl sites for hydroxylation is 1. The van der Waals surface area contributed by atoms with Crippen LogP contribution >= 0.6 is 11.3 Å². The van der Waals surface area contributed by atoms with Crippen LogP contribution < -0.4 is 10.6 Å². The largest absolute Gasteiger partial charge is 0.481 e. The van der Waals surface area contributed by atoms with Gasteiger partial charge in [0.05, 0.1) is 5.56 Å². The maximum atomic E-state index is 13.0. The summed E-state index contributed by atoms with van der Waals surface area (Å²) in [6.07, 6.45) is 8.45. The predicted octanol–water partition coefficient (Wildman–Crippen LogP) is 3.74. The van der Waals surface area contributed by atoms with Crippen LogP contribution in [-0.4, -0.2) is 28.9 Å². The Balaban J connectivity index is 1.75. The molecule has 1 fully saturated rings. The predicted molar refractivity (Wildman–Crippen MR) is 105 cm³/mol. The van der Waals surface area contributed by atoms with E-state index in [2.05, 4.69) is 10.6 Å². The monoisotopic (exact) mass is 392 g/mol. The third kappa shape index (κ3) is 5.09. The Labute approximate surface area is 163 Å². The second kappa shape index (κ2) is 8.87. The van der Waals surface area contributed by atoms with Crippen molar-refractivity contribution in [2.75, 3.05) is 5.32 Å². The minimum atomic E-state index is -0.904. The van der Waals surface area contributed by atoms with E-state index in [-0.39, 0.29) is 36.6 Å². The molecule has 0 spiro atoms. The van der Waals surface area contributed by atoms with Gasteiger partial charge in [-0.15, -0.1) is 11.3 Å². The van der Waals surface area contributed by atoms with Gasteiger partial charge in [0.25, 0.3) is 5.91 Å². The van der Waals surface area contributed by atoms with Gasteiger partial charge in [-0.25, -0.2) is 0 Å². The fraction of sp³-hybridized carbons (Fsp3) is 0.650. The first kappa shape index (κ1) is 19.9. The smallest absolute Gasteiger partial charge is 0.303 e. The lowest BCUT2D eigenvalue weighted by Gasteiger charge is -2.16. The van der Waals surface area contributed by atoms with Gasteiger partial charge in [0.15, 0.2) is 0 Å². The summed E-state index contributed by atoms with van der Waals surface area (Å²) in [5.74, 6) is -1.45. The molecule has 1 heterocycles. The molecule has 148 valence electrons. The zero-order valence-corrected chi connectivity index (χ0v) is 16.6. The first-order chi connectivity index (χ1) is 12.9. The Morgan fingerprint density at radius 2 is 1.81 bits per heavy atom. The molecule has 7 heteroatoms. The van der Waals surface area contributed by atoms with Crippen molar-refractivity contribution >= 4 is 34.1 Å². The molecule has 0 aliphatic heterocycles. The fourth-order valence-electron chi connectivity index (χ4n) is 4.09. The number of thiophene rings is 1. The van der Waals surface area contributed by atoms with E-state index in [1.165, 1.54) is 16.2 Å². The van der Waals surface area contributed by atoms with Crippen LogP contribution in [0.5, 0.6) is 0 Å². The van der Waals surface area contributed by atoms with E-state index >= 15 is 0 Å². The van der Waals surface area contributed by atoms with Crippen molar-refractivity contribution in [2.45, 2.75) is 77.2 Å². The van der Waals surface area contributed by atoms with Crippen LogP contribution in [0, 0.1) is 5.92 Å².